The van der Waals surface area contributed by atoms with E-state index in [1.54, 1.807) is 24.3 Å². The van der Waals surface area contributed by atoms with Gasteiger partial charge in [-0.1, -0.05) is 34.8 Å². The molecule has 0 unspecified atom stereocenters. The normalized spacial score (nSPS) is 17.7. The summed E-state index contributed by atoms with van der Waals surface area (Å²) in [5, 5.41) is 22.4. The number of rotatable bonds is 10. The first-order chi connectivity index (χ1) is 20.1. The molecule has 2 atom stereocenters. The topological polar surface area (TPSA) is 135 Å². The first kappa shape index (κ1) is 29.7. The molecule has 0 saturated carbocycles. The van der Waals surface area contributed by atoms with Crippen LogP contribution < -0.4 is 19.5 Å². The van der Waals surface area contributed by atoms with Crippen molar-refractivity contribution in [1.29, 1.82) is 0 Å². The fourth-order valence-electron chi connectivity index (χ4n) is 4.22. The molecule has 0 spiro atoms. The van der Waals surface area contributed by atoms with Crippen molar-refractivity contribution in [2.24, 2.45) is 0 Å². The van der Waals surface area contributed by atoms with E-state index in [4.69, 9.17) is 49.0 Å². The number of thioether (sulfide) groups is 1. The zero-order valence-corrected chi connectivity index (χ0v) is 24.5. The minimum atomic E-state index is -1.30. The number of phenols is 1. The lowest BCUT2D eigenvalue weighted by Crippen LogP contribution is -2.71. The Morgan fingerprint density at radius 3 is 2.33 bits per heavy atom. The van der Waals surface area contributed by atoms with Gasteiger partial charge in [0, 0.05) is 27.4 Å². The fraction of sp³-hybridized carbons (Fsp3) is 0.179. The van der Waals surface area contributed by atoms with Crippen LogP contribution in [0.3, 0.4) is 0 Å². The van der Waals surface area contributed by atoms with Crippen LogP contribution in [-0.2, 0) is 14.4 Å². The average molecular weight is 652 g/mol. The van der Waals surface area contributed by atoms with Gasteiger partial charge in [0.1, 0.15) is 41.0 Å². The third-order valence-corrected chi connectivity index (χ3v) is 8.30. The summed E-state index contributed by atoms with van der Waals surface area (Å²) in [7, 11) is 0. The summed E-state index contributed by atoms with van der Waals surface area (Å²) in [4.78, 5) is 38.8. The molecule has 0 aromatic heterocycles. The summed E-state index contributed by atoms with van der Waals surface area (Å²) >= 11 is 19.7. The Kier molecular flexibility index (Phi) is 8.93. The van der Waals surface area contributed by atoms with Crippen LogP contribution in [0.2, 0.25) is 15.1 Å². The smallest absolute Gasteiger partial charge is 0.352 e. The molecular weight excluding hydrogens is 631 g/mol. The monoisotopic (exact) mass is 650 g/mol. The molecule has 218 valence electrons. The summed E-state index contributed by atoms with van der Waals surface area (Å²) in [6.45, 7) is -0.536. The number of hydrogen-bond donors (Lipinski definition) is 3. The van der Waals surface area contributed by atoms with Gasteiger partial charge in [0.05, 0.1) is 5.02 Å². The van der Waals surface area contributed by atoms with Crippen LogP contribution >= 0.6 is 46.6 Å². The Bertz CT molecular complexity index is 1580. The quantitative estimate of drug-likeness (QED) is 0.248. The molecule has 3 N–H and O–H groups in total. The first-order valence-corrected chi connectivity index (χ1v) is 14.5. The predicted molar refractivity (Wildman–Crippen MR) is 157 cm³/mol. The number of halogens is 3. The van der Waals surface area contributed by atoms with Gasteiger partial charge in [0.2, 0.25) is 0 Å². The third-order valence-electron chi connectivity index (χ3n) is 6.19. The fourth-order valence-corrected chi connectivity index (χ4v) is 6.16. The van der Waals surface area contributed by atoms with Gasteiger partial charge >= 0.3 is 5.97 Å². The van der Waals surface area contributed by atoms with E-state index in [0.717, 1.165) is 4.90 Å². The van der Waals surface area contributed by atoms with Crippen molar-refractivity contribution in [2.75, 3.05) is 19.0 Å². The molecule has 1 saturated heterocycles. The zero-order valence-electron chi connectivity index (χ0n) is 21.4. The van der Waals surface area contributed by atoms with Crippen LogP contribution in [0, 0.1) is 0 Å². The Labute approximate surface area is 258 Å². The summed E-state index contributed by atoms with van der Waals surface area (Å²) in [6.07, 6.45) is 0. The number of carboxylic acids is 1. The van der Waals surface area contributed by atoms with Gasteiger partial charge in [0.15, 0.2) is 18.1 Å². The predicted octanol–water partition coefficient (Wildman–Crippen LogP) is 5.34. The molecule has 1 fully saturated rings. The van der Waals surface area contributed by atoms with Crippen LogP contribution in [0.4, 0.5) is 0 Å². The molecule has 5 rings (SSSR count). The molecule has 0 aliphatic carbocycles. The lowest BCUT2D eigenvalue weighted by molar-refractivity contribution is -0.151. The standard InChI is InChI=1S/C28H21Cl3N2O8S/c29-15-1-7-20(19(31)9-15)41-21-8-2-16(30)10-22(21)40-11-14-13-42-27-24(26(36)33(27)25(14)28(37)38)32-23(35)12-39-18-5-3-17(34)4-6-18/h1-10,24,27,34H,11-13H2,(H,32,35)(H,37,38)/t24-,27-/m1/s1. The van der Waals surface area contributed by atoms with E-state index in [-0.39, 0.29) is 46.9 Å². The highest BCUT2D eigenvalue weighted by Gasteiger charge is 2.54. The van der Waals surface area contributed by atoms with Crippen molar-refractivity contribution in [3.05, 3.63) is 87.0 Å². The number of carbonyl (C=O) groups excluding carboxylic acids is 2. The molecule has 2 amide bonds. The number of benzene rings is 3. The number of carbonyl (C=O) groups is 3. The molecule has 3 aromatic rings. The van der Waals surface area contributed by atoms with Gasteiger partial charge in [0.25, 0.3) is 11.8 Å². The highest BCUT2D eigenvalue weighted by molar-refractivity contribution is 8.00. The van der Waals surface area contributed by atoms with Crippen LogP contribution in [0.1, 0.15) is 0 Å². The number of phenolic OH excluding ortho intramolecular Hbond substituents is 1. The molecule has 3 aromatic carbocycles. The number of nitrogens with zero attached hydrogens (tertiary/aromatic N) is 1. The van der Waals surface area contributed by atoms with Gasteiger partial charge in [-0.25, -0.2) is 4.79 Å². The van der Waals surface area contributed by atoms with E-state index in [9.17, 15) is 24.6 Å². The van der Waals surface area contributed by atoms with Crippen LogP contribution in [-0.4, -0.2) is 63.3 Å². The van der Waals surface area contributed by atoms with Crippen molar-refractivity contribution >= 4 is 64.3 Å². The highest BCUT2D eigenvalue weighted by Crippen LogP contribution is 2.42. The summed E-state index contributed by atoms with van der Waals surface area (Å²) in [5.74, 6) is -0.946. The molecule has 0 bridgehead atoms. The van der Waals surface area contributed by atoms with Gasteiger partial charge in [-0.2, -0.15) is 0 Å². The van der Waals surface area contributed by atoms with Gasteiger partial charge in [-0.15, -0.1) is 11.8 Å². The Morgan fingerprint density at radius 2 is 1.64 bits per heavy atom. The minimum absolute atomic E-state index is 0.0533. The Balaban J connectivity index is 1.26. The maximum absolute atomic E-state index is 13.0. The van der Waals surface area contributed by atoms with E-state index in [1.165, 1.54) is 48.2 Å². The second-order valence-electron chi connectivity index (χ2n) is 9.05. The number of β-lactam (4-membered cyclic amide) rings is 1. The van der Waals surface area contributed by atoms with E-state index < -0.39 is 29.2 Å². The third kappa shape index (κ3) is 6.49. The minimum Gasteiger partial charge on any atom is -0.508 e. The Hall–Kier alpha value is -3.77. The van der Waals surface area contributed by atoms with Gasteiger partial charge in [-0.05, 0) is 54.6 Å². The maximum atomic E-state index is 13.0. The lowest BCUT2D eigenvalue weighted by Gasteiger charge is -2.49. The van der Waals surface area contributed by atoms with Crippen LogP contribution in [0.25, 0.3) is 0 Å². The molecule has 0 radical (unpaired) electrons. The molecule has 2 aliphatic rings. The van der Waals surface area contributed by atoms with Crippen molar-refractivity contribution < 1.29 is 38.8 Å². The zero-order chi connectivity index (χ0) is 30.0. The van der Waals surface area contributed by atoms with Gasteiger partial charge in [-0.3, -0.25) is 14.5 Å². The molecular formula is C28H21Cl3N2O8S. The number of hydrogen-bond acceptors (Lipinski definition) is 8. The Morgan fingerprint density at radius 1 is 0.952 bits per heavy atom. The summed E-state index contributed by atoms with van der Waals surface area (Å²) < 4.78 is 17.2. The molecule has 14 heteroatoms. The summed E-state index contributed by atoms with van der Waals surface area (Å²) in [6, 6.07) is 14.3. The van der Waals surface area contributed by atoms with Crippen LogP contribution in [0.5, 0.6) is 28.7 Å². The maximum Gasteiger partial charge on any atom is 0.352 e. The van der Waals surface area contributed by atoms with Gasteiger partial charge < -0.3 is 29.7 Å². The molecule has 42 heavy (non-hydrogen) atoms. The van der Waals surface area contributed by atoms with E-state index >= 15 is 0 Å². The largest absolute Gasteiger partial charge is 0.508 e. The lowest BCUT2D eigenvalue weighted by atomic mass is 10.0. The second-order valence-corrected chi connectivity index (χ2v) is 11.4. The van der Waals surface area contributed by atoms with Crippen molar-refractivity contribution in [2.45, 2.75) is 11.4 Å². The van der Waals surface area contributed by atoms with Crippen molar-refractivity contribution in [3.63, 3.8) is 0 Å². The van der Waals surface area contributed by atoms with Crippen molar-refractivity contribution in [3.8, 4) is 28.7 Å². The number of aliphatic carboxylic acids is 1. The van der Waals surface area contributed by atoms with Crippen LogP contribution in [0.15, 0.2) is 71.9 Å². The highest BCUT2D eigenvalue weighted by atomic mass is 35.5. The van der Waals surface area contributed by atoms with Crippen molar-refractivity contribution in [1.82, 2.24) is 10.2 Å². The van der Waals surface area contributed by atoms with E-state index in [2.05, 4.69) is 5.32 Å². The first-order valence-electron chi connectivity index (χ1n) is 12.3. The molecule has 2 heterocycles. The number of aromatic hydroxyl groups is 1. The second kappa shape index (κ2) is 12.6. The number of carboxylic acid groups (broad SMARTS) is 1. The number of fused-ring (bicyclic) bond motifs is 1. The van der Waals surface area contributed by atoms with E-state index in [0.29, 0.717) is 27.1 Å². The number of amides is 2. The summed E-state index contributed by atoms with van der Waals surface area (Å²) in [5.41, 5.74) is 0.146. The average Bonchev–Trinajstić information content (AvgIpc) is 2.96. The SMILES string of the molecule is O=C(COc1ccc(O)cc1)N[C@@H]1C(=O)N2C(C(=O)O)=C(COc3cc(Cl)ccc3Oc3ccc(Cl)cc3Cl)CS[C@H]12. The number of nitrogens with one attached hydrogen (secondary N) is 1. The molecule has 2 aliphatic heterocycles. The molecule has 10 nitrogen and oxygen atoms in total. The van der Waals surface area contributed by atoms with E-state index in [1.807, 2.05) is 0 Å². The number of ether oxygens (including phenoxy) is 3.